The molecule has 1 atom stereocenters. The van der Waals surface area contributed by atoms with Gasteiger partial charge in [-0.3, -0.25) is 0 Å². The second-order valence-electron chi connectivity index (χ2n) is 9.17. The second kappa shape index (κ2) is 13.0. The molecule has 3 aliphatic heterocycles. The van der Waals surface area contributed by atoms with Gasteiger partial charge in [0.25, 0.3) is 0 Å². The normalized spacial score (nSPS) is 22.3. The Bertz CT molecular complexity index is 731. The van der Waals surface area contributed by atoms with Crippen LogP contribution in [-0.4, -0.2) is 69.5 Å². The van der Waals surface area contributed by atoms with E-state index in [1.165, 1.54) is 42.5 Å². The fraction of sp³-hybridized carbons (Fsp3) is 0.720. The van der Waals surface area contributed by atoms with Crippen LogP contribution in [0.4, 0.5) is 5.69 Å². The zero-order chi connectivity index (χ0) is 21.5. The lowest BCUT2D eigenvalue weighted by Gasteiger charge is -2.35. The Balaban J connectivity index is 0.00000289. The van der Waals surface area contributed by atoms with Crippen LogP contribution in [0.25, 0.3) is 0 Å². The summed E-state index contributed by atoms with van der Waals surface area (Å²) < 4.78 is 12.0. The molecular weight excluding hydrogens is 515 g/mol. The van der Waals surface area contributed by atoms with Gasteiger partial charge in [0, 0.05) is 45.5 Å². The van der Waals surface area contributed by atoms with Crippen molar-refractivity contribution in [3.63, 3.8) is 0 Å². The Labute approximate surface area is 211 Å². The number of hydrogen-bond acceptors (Lipinski definition) is 4. The molecule has 3 heterocycles. The average Bonchev–Trinajstić information content (AvgIpc) is 2.81. The van der Waals surface area contributed by atoms with E-state index in [1.54, 1.807) is 0 Å². The lowest BCUT2D eigenvalue weighted by Crippen LogP contribution is -2.47. The number of likely N-dealkylation sites (tertiary alicyclic amines) is 1. The number of halogens is 1. The largest absolute Gasteiger partial charge is 0.376 e. The molecule has 0 saturated carbocycles. The van der Waals surface area contributed by atoms with E-state index in [1.807, 2.05) is 0 Å². The highest BCUT2D eigenvalue weighted by Crippen LogP contribution is 2.27. The van der Waals surface area contributed by atoms with Gasteiger partial charge >= 0.3 is 0 Å². The molecule has 0 bridgehead atoms. The zero-order valence-electron chi connectivity index (χ0n) is 19.9. The predicted molar refractivity (Wildman–Crippen MR) is 142 cm³/mol. The lowest BCUT2D eigenvalue weighted by molar-refractivity contribution is -0.0721. The maximum absolute atomic E-state index is 6.19. The fourth-order valence-corrected chi connectivity index (χ4v) is 4.95. The van der Waals surface area contributed by atoms with Gasteiger partial charge < -0.3 is 24.6 Å². The number of fused-ring (bicyclic) bond motifs is 1. The third-order valence-corrected chi connectivity index (χ3v) is 6.77. The summed E-state index contributed by atoms with van der Waals surface area (Å²) in [6.07, 6.45) is 8.81. The van der Waals surface area contributed by atoms with E-state index in [9.17, 15) is 0 Å². The number of aryl methyl sites for hydroxylation is 1. The number of aliphatic imine (C=N–C) groups is 1. The predicted octanol–water partition coefficient (Wildman–Crippen LogP) is 4.20. The molecule has 0 amide bonds. The SMILES string of the molecule is CCNC(=NCc1ccc2c(c1)CCCN2C)N1CCC(OCC2CCCCO2)CC1.I. The van der Waals surface area contributed by atoms with Gasteiger partial charge in [-0.1, -0.05) is 12.1 Å². The highest BCUT2D eigenvalue weighted by atomic mass is 127. The van der Waals surface area contributed by atoms with Gasteiger partial charge in [-0.05, 0) is 69.1 Å². The molecular formula is C25H41IN4O2. The Kier molecular flexibility index (Phi) is 10.4. The Morgan fingerprint density at radius 2 is 2.00 bits per heavy atom. The van der Waals surface area contributed by atoms with Crippen LogP contribution in [0, 0.1) is 0 Å². The number of nitrogens with zero attached hydrogens (tertiary/aromatic N) is 3. The summed E-state index contributed by atoms with van der Waals surface area (Å²) >= 11 is 0. The second-order valence-corrected chi connectivity index (χ2v) is 9.17. The minimum atomic E-state index is 0. The standard InChI is InChI=1S/C25H40N4O2.HI/c1-3-26-25(27-18-20-9-10-24-21(17-20)7-6-13-28(24)2)29-14-11-22(12-15-29)31-19-23-8-4-5-16-30-23;/h9-10,17,22-23H,3-8,11-16,18-19H2,1-2H3,(H,26,27);1H. The molecule has 1 aromatic rings. The Hall–Kier alpha value is -1.06. The first kappa shape index (κ1) is 25.6. The van der Waals surface area contributed by atoms with Crippen molar-refractivity contribution < 1.29 is 9.47 Å². The van der Waals surface area contributed by atoms with Crippen molar-refractivity contribution >= 4 is 35.6 Å². The van der Waals surface area contributed by atoms with Crippen LogP contribution in [0.2, 0.25) is 0 Å². The van der Waals surface area contributed by atoms with Gasteiger partial charge in [-0.2, -0.15) is 0 Å². The summed E-state index contributed by atoms with van der Waals surface area (Å²) in [5.74, 6) is 1.03. The van der Waals surface area contributed by atoms with E-state index in [-0.39, 0.29) is 24.0 Å². The molecule has 180 valence electrons. The van der Waals surface area contributed by atoms with E-state index < -0.39 is 0 Å². The van der Waals surface area contributed by atoms with Crippen molar-refractivity contribution in [3.8, 4) is 0 Å². The van der Waals surface area contributed by atoms with Gasteiger partial charge in [0.05, 0.1) is 25.4 Å². The molecule has 0 radical (unpaired) electrons. The molecule has 32 heavy (non-hydrogen) atoms. The van der Waals surface area contributed by atoms with Crippen LogP contribution in [0.3, 0.4) is 0 Å². The van der Waals surface area contributed by atoms with Crippen LogP contribution in [0.5, 0.6) is 0 Å². The molecule has 1 aromatic carbocycles. The van der Waals surface area contributed by atoms with Gasteiger partial charge in [-0.15, -0.1) is 24.0 Å². The first-order valence-electron chi connectivity index (χ1n) is 12.3. The number of nitrogens with one attached hydrogen (secondary N) is 1. The summed E-state index contributed by atoms with van der Waals surface area (Å²) in [5, 5.41) is 3.50. The number of rotatable bonds is 6. The summed E-state index contributed by atoms with van der Waals surface area (Å²) in [6, 6.07) is 6.86. The van der Waals surface area contributed by atoms with Gasteiger partial charge in [0.15, 0.2) is 5.96 Å². The van der Waals surface area contributed by atoms with Crippen molar-refractivity contribution in [1.29, 1.82) is 0 Å². The first-order valence-corrected chi connectivity index (χ1v) is 12.3. The molecule has 0 aliphatic carbocycles. The molecule has 1 N–H and O–H groups in total. The summed E-state index contributed by atoms with van der Waals surface area (Å²) in [4.78, 5) is 9.74. The van der Waals surface area contributed by atoms with Crippen molar-refractivity contribution in [2.75, 3.05) is 51.3 Å². The Morgan fingerprint density at radius 3 is 2.75 bits per heavy atom. The topological polar surface area (TPSA) is 49.3 Å². The highest BCUT2D eigenvalue weighted by molar-refractivity contribution is 14.0. The van der Waals surface area contributed by atoms with E-state index in [4.69, 9.17) is 14.5 Å². The van der Waals surface area contributed by atoms with E-state index in [0.29, 0.717) is 12.2 Å². The Morgan fingerprint density at radius 1 is 1.16 bits per heavy atom. The first-order chi connectivity index (χ1) is 15.2. The minimum absolute atomic E-state index is 0. The third kappa shape index (κ3) is 6.97. The minimum Gasteiger partial charge on any atom is -0.376 e. The number of hydrogen-bond donors (Lipinski definition) is 1. The summed E-state index contributed by atoms with van der Waals surface area (Å²) in [7, 11) is 2.19. The van der Waals surface area contributed by atoms with Gasteiger partial charge in [0.2, 0.25) is 0 Å². The smallest absolute Gasteiger partial charge is 0.194 e. The fourth-order valence-electron chi connectivity index (χ4n) is 4.95. The van der Waals surface area contributed by atoms with Crippen LogP contribution in [-0.2, 0) is 22.4 Å². The summed E-state index contributed by atoms with van der Waals surface area (Å²) in [6.45, 7) is 8.57. The van der Waals surface area contributed by atoms with Crippen LogP contribution in [0.1, 0.15) is 56.6 Å². The molecule has 3 aliphatic rings. The molecule has 2 fully saturated rings. The molecule has 7 heteroatoms. The van der Waals surface area contributed by atoms with E-state index >= 15 is 0 Å². The number of piperidine rings is 1. The molecule has 1 unspecified atom stereocenters. The molecule has 2 saturated heterocycles. The quantitative estimate of drug-likeness (QED) is 0.324. The molecule has 0 spiro atoms. The lowest BCUT2D eigenvalue weighted by atomic mass is 10.00. The van der Waals surface area contributed by atoms with Crippen molar-refractivity contribution in [3.05, 3.63) is 29.3 Å². The van der Waals surface area contributed by atoms with E-state index in [0.717, 1.165) is 71.2 Å². The van der Waals surface area contributed by atoms with Gasteiger partial charge in [-0.25, -0.2) is 4.99 Å². The maximum atomic E-state index is 6.19. The van der Waals surface area contributed by atoms with Crippen molar-refractivity contribution in [1.82, 2.24) is 10.2 Å². The number of guanidine groups is 1. The maximum Gasteiger partial charge on any atom is 0.194 e. The molecule has 0 aromatic heterocycles. The number of benzene rings is 1. The third-order valence-electron chi connectivity index (χ3n) is 6.77. The number of ether oxygens (including phenoxy) is 2. The van der Waals surface area contributed by atoms with Crippen LogP contribution >= 0.6 is 24.0 Å². The zero-order valence-corrected chi connectivity index (χ0v) is 22.2. The van der Waals surface area contributed by atoms with Crippen molar-refractivity contribution in [2.24, 2.45) is 4.99 Å². The highest BCUT2D eigenvalue weighted by Gasteiger charge is 2.24. The van der Waals surface area contributed by atoms with Gasteiger partial charge in [0.1, 0.15) is 0 Å². The van der Waals surface area contributed by atoms with Crippen LogP contribution in [0.15, 0.2) is 23.2 Å². The van der Waals surface area contributed by atoms with E-state index in [2.05, 4.69) is 47.3 Å². The molecule has 6 nitrogen and oxygen atoms in total. The van der Waals surface area contributed by atoms with Crippen LogP contribution < -0.4 is 10.2 Å². The average molecular weight is 557 g/mol. The molecule has 4 rings (SSSR count). The summed E-state index contributed by atoms with van der Waals surface area (Å²) in [5.41, 5.74) is 4.15. The van der Waals surface area contributed by atoms with Crippen molar-refractivity contribution in [2.45, 2.75) is 70.6 Å². The number of anilines is 1. The monoisotopic (exact) mass is 556 g/mol.